The van der Waals surface area contributed by atoms with Crippen LogP contribution in [0.3, 0.4) is 0 Å². The van der Waals surface area contributed by atoms with Crippen LogP contribution < -0.4 is 5.56 Å². The van der Waals surface area contributed by atoms with Gasteiger partial charge in [0, 0.05) is 18.2 Å². The predicted molar refractivity (Wildman–Crippen MR) is 84.1 cm³/mol. The zero-order chi connectivity index (χ0) is 16.0. The van der Waals surface area contributed by atoms with Crippen LogP contribution in [-0.4, -0.2) is 24.9 Å². The third kappa shape index (κ3) is 2.57. The van der Waals surface area contributed by atoms with Crippen LogP contribution in [0.15, 0.2) is 27.6 Å². The number of fused-ring (bicyclic) bond motifs is 1. The summed E-state index contributed by atoms with van der Waals surface area (Å²) in [5.74, 6) is 1.34. The van der Waals surface area contributed by atoms with Gasteiger partial charge in [-0.3, -0.25) is 9.48 Å². The molecule has 1 N–H and O–H groups in total. The van der Waals surface area contributed by atoms with Gasteiger partial charge in [-0.2, -0.15) is 10.1 Å². The molecule has 1 unspecified atom stereocenters. The van der Waals surface area contributed by atoms with Crippen molar-refractivity contribution in [3.05, 3.63) is 39.5 Å². The van der Waals surface area contributed by atoms with Gasteiger partial charge in [0.1, 0.15) is 5.15 Å². The molecule has 0 saturated heterocycles. The first-order valence-electron chi connectivity index (χ1n) is 7.39. The van der Waals surface area contributed by atoms with Gasteiger partial charge in [-0.25, -0.2) is 0 Å². The molecule has 0 amide bonds. The number of hydrogen-bond acceptors (Lipinski definition) is 5. The second kappa shape index (κ2) is 5.34. The average Bonchev–Trinajstić information content (AvgIpc) is 3.11. The van der Waals surface area contributed by atoms with Gasteiger partial charge in [0.05, 0.1) is 17.5 Å². The fourth-order valence-electron chi connectivity index (χ4n) is 2.86. The zero-order valence-corrected chi connectivity index (χ0v) is 13.2. The minimum atomic E-state index is -0.310. The number of hydrogen-bond donors (Lipinski definition) is 1. The number of pyridine rings is 1. The van der Waals surface area contributed by atoms with Gasteiger partial charge >= 0.3 is 0 Å². The van der Waals surface area contributed by atoms with Crippen LogP contribution in [0.2, 0.25) is 5.15 Å². The highest BCUT2D eigenvalue weighted by Gasteiger charge is 2.23. The fraction of sp³-hybridized carbons (Fsp3) is 0.333. The van der Waals surface area contributed by atoms with Crippen LogP contribution >= 0.6 is 11.6 Å². The number of H-pyrrole nitrogens is 1. The highest BCUT2D eigenvalue weighted by molar-refractivity contribution is 6.29. The van der Waals surface area contributed by atoms with Gasteiger partial charge in [0.2, 0.25) is 11.4 Å². The summed E-state index contributed by atoms with van der Waals surface area (Å²) in [6.45, 7) is 3.12. The van der Waals surface area contributed by atoms with Gasteiger partial charge in [-0.1, -0.05) is 23.7 Å². The van der Waals surface area contributed by atoms with Crippen molar-refractivity contribution in [1.82, 2.24) is 24.9 Å². The highest BCUT2D eigenvalue weighted by atomic mass is 35.5. The van der Waals surface area contributed by atoms with Crippen LogP contribution in [0.4, 0.5) is 0 Å². The second-order valence-electron chi connectivity index (χ2n) is 5.83. The fourth-order valence-corrected chi connectivity index (χ4v) is 3.07. The van der Waals surface area contributed by atoms with E-state index in [0.29, 0.717) is 23.2 Å². The van der Waals surface area contributed by atoms with Crippen LogP contribution in [0.1, 0.15) is 19.0 Å². The Kier molecular flexibility index (Phi) is 3.30. The van der Waals surface area contributed by atoms with Gasteiger partial charge in [0.25, 0.3) is 5.89 Å². The minimum absolute atomic E-state index is 0.232. The lowest BCUT2D eigenvalue weighted by molar-refractivity contribution is 0.390. The second-order valence-corrected chi connectivity index (χ2v) is 6.24. The Morgan fingerprint density at radius 2 is 2.30 bits per heavy atom. The lowest BCUT2D eigenvalue weighted by Crippen LogP contribution is -2.18. The van der Waals surface area contributed by atoms with E-state index in [0.717, 1.165) is 30.6 Å². The maximum atomic E-state index is 11.5. The topological polar surface area (TPSA) is 89.6 Å². The molecule has 0 bridgehead atoms. The maximum absolute atomic E-state index is 11.5. The predicted octanol–water partition coefficient (Wildman–Crippen LogP) is 2.52. The van der Waals surface area contributed by atoms with E-state index in [2.05, 4.69) is 27.1 Å². The molecular weight excluding hydrogens is 318 g/mol. The van der Waals surface area contributed by atoms with E-state index < -0.39 is 0 Å². The first-order valence-corrected chi connectivity index (χ1v) is 7.77. The Morgan fingerprint density at radius 1 is 1.43 bits per heavy atom. The molecule has 0 saturated carbocycles. The van der Waals surface area contributed by atoms with E-state index in [1.807, 2.05) is 4.68 Å². The molecule has 23 heavy (non-hydrogen) atoms. The Labute approximate surface area is 136 Å². The van der Waals surface area contributed by atoms with Crippen molar-refractivity contribution < 1.29 is 4.52 Å². The molecule has 4 heterocycles. The van der Waals surface area contributed by atoms with Gasteiger partial charge in [-0.15, -0.1) is 0 Å². The van der Waals surface area contributed by atoms with Crippen LogP contribution in [0.5, 0.6) is 0 Å². The summed E-state index contributed by atoms with van der Waals surface area (Å²) in [4.78, 5) is 18.4. The number of nitrogens with one attached hydrogen (secondary N) is 1. The molecule has 3 aromatic rings. The van der Waals surface area contributed by atoms with Crippen molar-refractivity contribution in [3.63, 3.8) is 0 Å². The molecule has 1 aliphatic rings. The maximum Gasteiger partial charge on any atom is 0.261 e. The standard InChI is InChI=1S/C15H14ClN5O2/c1-8-2-3-21-11(4-8)10(7-17-21)15-19-14(20-23-15)9-5-12(16)18-13(22)6-9/h5-8H,2-4H2,1H3,(H,18,22). The third-order valence-corrected chi connectivity index (χ3v) is 4.25. The molecule has 7 nitrogen and oxygen atoms in total. The van der Waals surface area contributed by atoms with E-state index in [1.165, 1.54) is 6.07 Å². The lowest BCUT2D eigenvalue weighted by Gasteiger charge is -2.19. The molecule has 3 aromatic heterocycles. The smallest absolute Gasteiger partial charge is 0.261 e. The van der Waals surface area contributed by atoms with Crippen molar-refractivity contribution >= 4 is 11.6 Å². The molecule has 0 radical (unpaired) electrons. The van der Waals surface area contributed by atoms with Gasteiger partial charge in [0.15, 0.2) is 0 Å². The summed E-state index contributed by atoms with van der Waals surface area (Å²) in [5, 5.41) is 8.58. The molecule has 1 aliphatic heterocycles. The lowest BCUT2D eigenvalue weighted by atomic mass is 9.96. The van der Waals surface area contributed by atoms with E-state index in [-0.39, 0.29) is 10.7 Å². The Hall–Kier alpha value is -2.41. The normalized spacial score (nSPS) is 17.2. The minimum Gasteiger partial charge on any atom is -0.333 e. The summed E-state index contributed by atoms with van der Waals surface area (Å²) in [7, 11) is 0. The number of halogens is 1. The molecule has 0 spiro atoms. The van der Waals surface area contributed by atoms with Crippen LogP contribution in [-0.2, 0) is 13.0 Å². The van der Waals surface area contributed by atoms with Crippen LogP contribution in [0.25, 0.3) is 22.8 Å². The summed E-state index contributed by atoms with van der Waals surface area (Å²) >= 11 is 5.86. The Morgan fingerprint density at radius 3 is 3.13 bits per heavy atom. The molecule has 118 valence electrons. The van der Waals surface area contributed by atoms with Crippen molar-refractivity contribution in [3.8, 4) is 22.8 Å². The summed E-state index contributed by atoms with van der Waals surface area (Å²) in [6, 6.07) is 2.98. The zero-order valence-electron chi connectivity index (χ0n) is 12.4. The van der Waals surface area contributed by atoms with Crippen LogP contribution in [0, 0.1) is 5.92 Å². The third-order valence-electron chi connectivity index (χ3n) is 4.05. The van der Waals surface area contributed by atoms with Crippen molar-refractivity contribution in [2.45, 2.75) is 26.3 Å². The summed E-state index contributed by atoms with van der Waals surface area (Å²) < 4.78 is 7.36. The SMILES string of the molecule is CC1CCn2ncc(-c3nc(-c4cc(Cl)[nH]c(=O)c4)no3)c2C1. The first-order chi connectivity index (χ1) is 11.1. The number of rotatable bonds is 2. The summed E-state index contributed by atoms with van der Waals surface area (Å²) in [6.07, 6.45) is 3.81. The van der Waals surface area contributed by atoms with Crippen molar-refractivity contribution in [2.75, 3.05) is 0 Å². The van der Waals surface area contributed by atoms with E-state index in [4.69, 9.17) is 16.1 Å². The monoisotopic (exact) mass is 331 g/mol. The molecule has 4 rings (SSSR count). The highest BCUT2D eigenvalue weighted by Crippen LogP contribution is 2.30. The number of aromatic amines is 1. The molecule has 0 aliphatic carbocycles. The number of aryl methyl sites for hydroxylation is 1. The van der Waals surface area contributed by atoms with E-state index in [1.54, 1.807) is 12.3 Å². The Bertz CT molecular complexity index is 926. The molecule has 0 aromatic carbocycles. The average molecular weight is 332 g/mol. The largest absolute Gasteiger partial charge is 0.333 e. The first kappa shape index (κ1) is 14.2. The molecular formula is C15H14ClN5O2. The van der Waals surface area contributed by atoms with E-state index >= 15 is 0 Å². The number of nitrogens with zero attached hydrogens (tertiary/aromatic N) is 4. The molecule has 1 atom stereocenters. The molecule has 0 fully saturated rings. The molecule has 8 heteroatoms. The summed E-state index contributed by atoms with van der Waals surface area (Å²) in [5.41, 5.74) is 2.17. The van der Waals surface area contributed by atoms with Gasteiger partial charge < -0.3 is 9.51 Å². The van der Waals surface area contributed by atoms with E-state index in [9.17, 15) is 4.79 Å². The Balaban J connectivity index is 1.74. The number of aromatic nitrogens is 5. The van der Waals surface area contributed by atoms with Gasteiger partial charge in [-0.05, 0) is 24.8 Å². The van der Waals surface area contributed by atoms with Crippen molar-refractivity contribution in [1.29, 1.82) is 0 Å². The quantitative estimate of drug-likeness (QED) is 0.729. The van der Waals surface area contributed by atoms with Crippen molar-refractivity contribution in [2.24, 2.45) is 5.92 Å².